The lowest BCUT2D eigenvalue weighted by atomic mass is 10.2. The van der Waals surface area contributed by atoms with Crippen molar-refractivity contribution in [2.75, 3.05) is 39.3 Å². The summed E-state index contributed by atoms with van der Waals surface area (Å²) in [7, 11) is 0. The Morgan fingerprint density at radius 2 is 1.95 bits per heavy atom. The standard InChI is InChI=1S/C15H20ClFN2O2/c1-2-21-15(20)11-19-8-6-18(7-9-19)10-12-13(16)4-3-5-14(12)17/h3-5H,2,6-11H2,1H3. The Balaban J connectivity index is 1.83. The summed E-state index contributed by atoms with van der Waals surface area (Å²) in [6.07, 6.45) is 0. The maximum absolute atomic E-state index is 13.8. The van der Waals surface area contributed by atoms with Crippen LogP contribution in [0.15, 0.2) is 18.2 Å². The van der Waals surface area contributed by atoms with Gasteiger partial charge in [0.05, 0.1) is 13.2 Å². The van der Waals surface area contributed by atoms with Crippen LogP contribution in [0.4, 0.5) is 4.39 Å². The number of esters is 1. The van der Waals surface area contributed by atoms with E-state index in [1.165, 1.54) is 6.07 Å². The van der Waals surface area contributed by atoms with Crippen LogP contribution in [0.2, 0.25) is 5.02 Å². The third-order valence-electron chi connectivity index (χ3n) is 3.57. The molecule has 1 heterocycles. The fourth-order valence-electron chi connectivity index (χ4n) is 2.40. The van der Waals surface area contributed by atoms with Crippen molar-refractivity contribution in [3.63, 3.8) is 0 Å². The molecule has 1 fully saturated rings. The molecule has 2 rings (SSSR count). The molecule has 0 amide bonds. The van der Waals surface area contributed by atoms with E-state index in [1.54, 1.807) is 19.1 Å². The smallest absolute Gasteiger partial charge is 0.320 e. The van der Waals surface area contributed by atoms with Gasteiger partial charge in [0.25, 0.3) is 0 Å². The van der Waals surface area contributed by atoms with Crippen LogP contribution in [0.25, 0.3) is 0 Å². The number of hydrogen-bond donors (Lipinski definition) is 0. The van der Waals surface area contributed by atoms with Gasteiger partial charge in [0, 0.05) is 43.3 Å². The second-order valence-electron chi connectivity index (χ2n) is 5.06. The summed E-state index contributed by atoms with van der Waals surface area (Å²) in [6.45, 7) is 6.13. The van der Waals surface area contributed by atoms with E-state index in [4.69, 9.17) is 16.3 Å². The number of nitrogens with zero attached hydrogens (tertiary/aromatic N) is 2. The first-order valence-corrected chi connectivity index (χ1v) is 7.51. The summed E-state index contributed by atoms with van der Waals surface area (Å²) >= 11 is 6.04. The van der Waals surface area contributed by atoms with E-state index >= 15 is 0 Å². The van der Waals surface area contributed by atoms with Gasteiger partial charge >= 0.3 is 5.97 Å². The van der Waals surface area contributed by atoms with E-state index in [0.29, 0.717) is 30.3 Å². The molecule has 1 saturated heterocycles. The number of carbonyl (C=O) groups is 1. The van der Waals surface area contributed by atoms with Crippen LogP contribution in [-0.2, 0) is 16.1 Å². The van der Waals surface area contributed by atoms with Crippen molar-refractivity contribution in [1.82, 2.24) is 9.80 Å². The SMILES string of the molecule is CCOC(=O)CN1CCN(Cc2c(F)cccc2Cl)CC1. The van der Waals surface area contributed by atoms with Gasteiger partial charge in [-0.05, 0) is 19.1 Å². The van der Waals surface area contributed by atoms with E-state index in [1.807, 2.05) is 0 Å². The van der Waals surface area contributed by atoms with Gasteiger partial charge in [0.15, 0.2) is 0 Å². The highest BCUT2D eigenvalue weighted by Crippen LogP contribution is 2.21. The van der Waals surface area contributed by atoms with Crippen molar-refractivity contribution in [2.24, 2.45) is 0 Å². The third-order valence-corrected chi connectivity index (χ3v) is 3.92. The molecule has 116 valence electrons. The van der Waals surface area contributed by atoms with Crippen LogP contribution in [0.3, 0.4) is 0 Å². The first kappa shape index (κ1) is 16.2. The first-order valence-electron chi connectivity index (χ1n) is 7.13. The number of piperazine rings is 1. The Bertz CT molecular complexity index is 470. The molecule has 1 aliphatic rings. The predicted molar refractivity (Wildman–Crippen MR) is 79.8 cm³/mol. The van der Waals surface area contributed by atoms with Gasteiger partial charge in [0.2, 0.25) is 0 Å². The van der Waals surface area contributed by atoms with Crippen LogP contribution < -0.4 is 0 Å². The molecule has 0 N–H and O–H groups in total. The van der Waals surface area contributed by atoms with Gasteiger partial charge in [0.1, 0.15) is 5.82 Å². The maximum atomic E-state index is 13.8. The number of hydrogen-bond acceptors (Lipinski definition) is 4. The molecular weight excluding hydrogens is 295 g/mol. The van der Waals surface area contributed by atoms with Gasteiger partial charge in [-0.2, -0.15) is 0 Å². The van der Waals surface area contributed by atoms with E-state index in [2.05, 4.69) is 9.80 Å². The molecule has 0 spiro atoms. The van der Waals surface area contributed by atoms with Crippen molar-refractivity contribution >= 4 is 17.6 Å². The zero-order valence-corrected chi connectivity index (χ0v) is 12.9. The summed E-state index contributed by atoms with van der Waals surface area (Å²) in [4.78, 5) is 15.6. The Morgan fingerprint density at radius 3 is 2.57 bits per heavy atom. The van der Waals surface area contributed by atoms with E-state index in [-0.39, 0.29) is 11.8 Å². The van der Waals surface area contributed by atoms with Crippen molar-refractivity contribution in [3.05, 3.63) is 34.6 Å². The third kappa shape index (κ3) is 4.66. The fraction of sp³-hybridized carbons (Fsp3) is 0.533. The topological polar surface area (TPSA) is 32.8 Å². The average Bonchev–Trinajstić information content (AvgIpc) is 2.45. The summed E-state index contributed by atoms with van der Waals surface area (Å²) < 4.78 is 18.7. The zero-order chi connectivity index (χ0) is 15.2. The van der Waals surface area contributed by atoms with E-state index in [9.17, 15) is 9.18 Å². The van der Waals surface area contributed by atoms with Gasteiger partial charge in [-0.15, -0.1) is 0 Å². The Hall–Kier alpha value is -1.17. The molecule has 1 aromatic carbocycles. The largest absolute Gasteiger partial charge is 0.465 e. The minimum absolute atomic E-state index is 0.192. The van der Waals surface area contributed by atoms with Gasteiger partial charge < -0.3 is 4.74 Å². The number of carbonyl (C=O) groups excluding carboxylic acids is 1. The van der Waals surface area contributed by atoms with E-state index in [0.717, 1.165) is 26.2 Å². The second kappa shape index (κ2) is 7.73. The van der Waals surface area contributed by atoms with Gasteiger partial charge in [-0.25, -0.2) is 4.39 Å². The Morgan fingerprint density at radius 1 is 1.29 bits per heavy atom. The predicted octanol–water partition coefficient (Wildman–Crippen LogP) is 2.16. The van der Waals surface area contributed by atoms with Crippen LogP contribution >= 0.6 is 11.6 Å². The lowest BCUT2D eigenvalue weighted by Gasteiger charge is -2.34. The number of ether oxygens (including phenoxy) is 1. The Kier molecular flexibility index (Phi) is 5.96. The van der Waals surface area contributed by atoms with Crippen LogP contribution in [0.5, 0.6) is 0 Å². The molecule has 21 heavy (non-hydrogen) atoms. The average molecular weight is 315 g/mol. The molecule has 1 aromatic rings. The summed E-state index contributed by atoms with van der Waals surface area (Å²) in [5.74, 6) is -0.459. The Labute approximate surface area is 129 Å². The monoisotopic (exact) mass is 314 g/mol. The highest BCUT2D eigenvalue weighted by atomic mass is 35.5. The molecular formula is C15H20ClFN2O2. The summed E-state index contributed by atoms with van der Waals surface area (Å²) in [5.41, 5.74) is 0.540. The molecule has 0 radical (unpaired) electrons. The van der Waals surface area contributed by atoms with Crippen molar-refractivity contribution in [2.45, 2.75) is 13.5 Å². The molecule has 6 heteroatoms. The fourth-order valence-corrected chi connectivity index (χ4v) is 2.62. The zero-order valence-electron chi connectivity index (χ0n) is 12.1. The number of rotatable bonds is 5. The first-order chi connectivity index (χ1) is 10.1. The van der Waals surface area contributed by atoms with Crippen molar-refractivity contribution in [3.8, 4) is 0 Å². The molecule has 4 nitrogen and oxygen atoms in total. The van der Waals surface area contributed by atoms with Gasteiger partial charge in [-0.1, -0.05) is 17.7 Å². The van der Waals surface area contributed by atoms with Crippen LogP contribution in [-0.4, -0.2) is 55.1 Å². The number of benzene rings is 1. The molecule has 0 saturated carbocycles. The minimum Gasteiger partial charge on any atom is -0.465 e. The van der Waals surface area contributed by atoms with Crippen molar-refractivity contribution < 1.29 is 13.9 Å². The second-order valence-corrected chi connectivity index (χ2v) is 5.46. The molecule has 0 aliphatic carbocycles. The quantitative estimate of drug-likeness (QED) is 0.780. The molecule has 1 aliphatic heterocycles. The maximum Gasteiger partial charge on any atom is 0.320 e. The van der Waals surface area contributed by atoms with Crippen LogP contribution in [0.1, 0.15) is 12.5 Å². The molecule has 0 unspecified atom stereocenters. The van der Waals surface area contributed by atoms with Crippen molar-refractivity contribution in [1.29, 1.82) is 0 Å². The molecule has 0 bridgehead atoms. The van der Waals surface area contributed by atoms with Crippen LogP contribution in [0, 0.1) is 5.82 Å². The lowest BCUT2D eigenvalue weighted by molar-refractivity contribution is -0.144. The molecule has 0 aromatic heterocycles. The highest BCUT2D eigenvalue weighted by molar-refractivity contribution is 6.31. The summed E-state index contributed by atoms with van der Waals surface area (Å²) in [6, 6.07) is 4.74. The normalized spacial score (nSPS) is 16.9. The highest BCUT2D eigenvalue weighted by Gasteiger charge is 2.21. The van der Waals surface area contributed by atoms with Gasteiger partial charge in [-0.3, -0.25) is 14.6 Å². The minimum atomic E-state index is -0.267. The van der Waals surface area contributed by atoms with E-state index < -0.39 is 0 Å². The summed E-state index contributed by atoms with van der Waals surface area (Å²) in [5, 5.41) is 0.462. The lowest BCUT2D eigenvalue weighted by Crippen LogP contribution is -2.47. The number of halogens is 2. The molecule has 0 atom stereocenters.